The summed E-state index contributed by atoms with van der Waals surface area (Å²) in [5.41, 5.74) is 2.34. The van der Waals surface area contributed by atoms with Crippen LogP contribution >= 0.6 is 0 Å². The Hall–Kier alpha value is -4.05. The van der Waals surface area contributed by atoms with Gasteiger partial charge < -0.3 is 18.9 Å². The Balaban J connectivity index is 1.70. The molecular formula is C29H34N2O8. The molecule has 1 aliphatic heterocycles. The zero-order valence-electron chi connectivity index (χ0n) is 22.7. The van der Waals surface area contributed by atoms with E-state index in [2.05, 4.69) is 11.9 Å². The quantitative estimate of drug-likeness (QED) is 0.154. The second-order valence-electron chi connectivity index (χ2n) is 9.07. The van der Waals surface area contributed by atoms with Crippen LogP contribution in [0.2, 0.25) is 0 Å². The van der Waals surface area contributed by atoms with Crippen molar-refractivity contribution in [1.82, 2.24) is 0 Å². The first kappa shape index (κ1) is 29.5. The molecule has 3 rings (SSSR count). The molecule has 1 aliphatic rings. The van der Waals surface area contributed by atoms with Crippen molar-refractivity contribution in [3.05, 3.63) is 81.0 Å². The van der Waals surface area contributed by atoms with Crippen LogP contribution in [0.5, 0.6) is 5.75 Å². The molecule has 2 atom stereocenters. The second kappa shape index (κ2) is 14.2. The van der Waals surface area contributed by atoms with E-state index in [1.807, 2.05) is 24.3 Å². The van der Waals surface area contributed by atoms with Crippen LogP contribution in [0.25, 0.3) is 0 Å². The molecule has 0 fully saturated rings. The highest BCUT2D eigenvalue weighted by Gasteiger charge is 2.42. The van der Waals surface area contributed by atoms with E-state index in [9.17, 15) is 19.7 Å². The number of allylic oxidation sites excluding steroid dienone is 1. The smallest absolute Gasteiger partial charge is 0.336 e. The first-order valence-corrected chi connectivity index (χ1v) is 12.8. The first-order valence-electron chi connectivity index (χ1n) is 12.8. The van der Waals surface area contributed by atoms with Crippen molar-refractivity contribution in [2.45, 2.75) is 39.5 Å². The topological polar surface area (TPSA) is 127 Å². The molecule has 0 N–H and O–H groups in total. The van der Waals surface area contributed by atoms with Crippen molar-refractivity contribution in [3.63, 3.8) is 0 Å². The zero-order chi connectivity index (χ0) is 28.4. The highest BCUT2D eigenvalue weighted by Crippen LogP contribution is 2.40. The molecule has 0 spiro atoms. The molecule has 0 amide bonds. The van der Waals surface area contributed by atoms with Crippen LogP contribution in [-0.2, 0) is 30.2 Å². The molecule has 0 aromatic heterocycles. The molecule has 2 unspecified atom stereocenters. The molecule has 0 saturated carbocycles. The van der Waals surface area contributed by atoms with Gasteiger partial charge >= 0.3 is 11.9 Å². The third-order valence-electron chi connectivity index (χ3n) is 6.34. The van der Waals surface area contributed by atoms with Gasteiger partial charge in [0.15, 0.2) is 0 Å². The lowest BCUT2D eigenvalue weighted by Gasteiger charge is -2.31. The average Bonchev–Trinajstić information content (AvgIpc) is 2.93. The highest BCUT2D eigenvalue weighted by molar-refractivity contribution is 6.07. The summed E-state index contributed by atoms with van der Waals surface area (Å²) < 4.78 is 21.7. The third kappa shape index (κ3) is 7.73. The minimum Gasteiger partial charge on any atom is -0.490 e. The van der Waals surface area contributed by atoms with Crippen LogP contribution in [0, 0.1) is 16.0 Å². The lowest BCUT2D eigenvalue weighted by atomic mass is 9.75. The van der Waals surface area contributed by atoms with Crippen molar-refractivity contribution < 1.29 is 33.5 Å². The van der Waals surface area contributed by atoms with Crippen LogP contribution in [-0.4, -0.2) is 56.1 Å². The molecule has 2 aromatic rings. The first-order chi connectivity index (χ1) is 18.8. The van der Waals surface area contributed by atoms with Crippen molar-refractivity contribution in [1.29, 1.82) is 0 Å². The Morgan fingerprint density at radius 2 is 1.77 bits per heavy atom. The molecule has 10 nitrogen and oxygen atoms in total. The number of rotatable bonds is 13. The van der Waals surface area contributed by atoms with E-state index in [0.717, 1.165) is 25.0 Å². The number of methoxy groups -OCH3 is 1. The maximum Gasteiger partial charge on any atom is 0.336 e. The van der Waals surface area contributed by atoms with Gasteiger partial charge in [-0.15, -0.1) is 0 Å². The van der Waals surface area contributed by atoms with Gasteiger partial charge in [0.1, 0.15) is 24.9 Å². The zero-order valence-corrected chi connectivity index (χ0v) is 22.7. The van der Waals surface area contributed by atoms with Crippen molar-refractivity contribution >= 4 is 23.3 Å². The Morgan fingerprint density at radius 1 is 1.03 bits per heavy atom. The summed E-state index contributed by atoms with van der Waals surface area (Å²) in [6.45, 7) is 6.85. The van der Waals surface area contributed by atoms with Gasteiger partial charge in [-0.3, -0.25) is 19.9 Å². The summed E-state index contributed by atoms with van der Waals surface area (Å²) in [6, 6.07) is 13.5. The highest BCUT2D eigenvalue weighted by atomic mass is 16.6. The van der Waals surface area contributed by atoms with Gasteiger partial charge in [-0.2, -0.15) is 0 Å². The van der Waals surface area contributed by atoms with Gasteiger partial charge in [0.2, 0.25) is 0 Å². The molecular weight excluding hydrogens is 504 g/mol. The fourth-order valence-electron chi connectivity index (χ4n) is 4.49. The number of nitro benzene ring substituents is 1. The number of ether oxygens (including phenoxy) is 4. The fraction of sp³-hybridized carbons (Fsp3) is 0.414. The number of hydrogen-bond donors (Lipinski definition) is 0. The molecule has 39 heavy (non-hydrogen) atoms. The Kier molecular flexibility index (Phi) is 10.7. The van der Waals surface area contributed by atoms with Gasteiger partial charge in [-0.1, -0.05) is 31.2 Å². The van der Waals surface area contributed by atoms with Crippen LogP contribution in [0.15, 0.2) is 64.8 Å². The van der Waals surface area contributed by atoms with Crippen molar-refractivity contribution in [2.24, 2.45) is 10.9 Å². The monoisotopic (exact) mass is 538 g/mol. The van der Waals surface area contributed by atoms with E-state index in [1.54, 1.807) is 19.9 Å². The molecule has 0 bridgehead atoms. The lowest BCUT2D eigenvalue weighted by molar-refractivity contribution is -0.384. The number of carbonyl (C=O) groups is 2. The normalized spacial score (nSPS) is 16.9. The van der Waals surface area contributed by atoms with Crippen LogP contribution < -0.4 is 4.74 Å². The molecule has 1 heterocycles. The maximum atomic E-state index is 13.3. The predicted molar refractivity (Wildman–Crippen MR) is 145 cm³/mol. The summed E-state index contributed by atoms with van der Waals surface area (Å²) in [5.74, 6) is -2.45. The van der Waals surface area contributed by atoms with Crippen LogP contribution in [0.1, 0.15) is 44.2 Å². The third-order valence-corrected chi connectivity index (χ3v) is 6.34. The number of benzene rings is 2. The molecule has 0 aliphatic carbocycles. The molecule has 0 saturated heterocycles. The number of carbonyl (C=O) groups excluding carboxylic acids is 2. The summed E-state index contributed by atoms with van der Waals surface area (Å²) in [7, 11) is 1.24. The van der Waals surface area contributed by atoms with Gasteiger partial charge in [-0.25, -0.2) is 4.79 Å². The number of nitro groups is 1. The van der Waals surface area contributed by atoms with Gasteiger partial charge in [0.25, 0.3) is 5.69 Å². The number of aliphatic imine (C=N–C) groups is 1. The van der Waals surface area contributed by atoms with E-state index >= 15 is 0 Å². The summed E-state index contributed by atoms with van der Waals surface area (Å²) in [4.78, 5) is 41.3. The summed E-state index contributed by atoms with van der Waals surface area (Å²) in [6.07, 6.45) is 1.80. The van der Waals surface area contributed by atoms with Gasteiger partial charge in [0.05, 0.1) is 24.2 Å². The standard InChI is InChI=1S/C29H34N2O8/c1-5-14-37-15-13-21-9-11-24(12-10-21)38-16-17-39-29(33)26-20(3)30-19(2)25(28(32)36-4)27(26)22-7-6-8-23(18-22)31(34)35/h6-12,18,25,27H,5,13-17H2,1-4H3. The van der Waals surface area contributed by atoms with E-state index in [1.165, 1.54) is 25.3 Å². The Bertz CT molecular complexity index is 1240. The van der Waals surface area contributed by atoms with E-state index in [-0.39, 0.29) is 24.5 Å². The molecule has 208 valence electrons. The predicted octanol–water partition coefficient (Wildman–Crippen LogP) is 4.81. The number of hydrogen-bond acceptors (Lipinski definition) is 9. The number of nitrogens with zero attached hydrogens (tertiary/aromatic N) is 2. The van der Waals surface area contributed by atoms with Crippen molar-refractivity contribution in [3.8, 4) is 5.75 Å². The Morgan fingerprint density at radius 3 is 2.44 bits per heavy atom. The Labute approximate surface area is 227 Å². The molecule has 2 aromatic carbocycles. The minimum atomic E-state index is -0.939. The number of esters is 2. The van der Waals surface area contributed by atoms with Crippen LogP contribution in [0.3, 0.4) is 0 Å². The largest absolute Gasteiger partial charge is 0.490 e. The summed E-state index contributed by atoms with van der Waals surface area (Å²) in [5, 5.41) is 11.4. The summed E-state index contributed by atoms with van der Waals surface area (Å²) >= 11 is 0. The molecule has 0 radical (unpaired) electrons. The maximum absolute atomic E-state index is 13.3. The van der Waals surface area contributed by atoms with Gasteiger partial charge in [-0.05, 0) is 49.9 Å². The SMILES string of the molecule is CCCOCCc1ccc(OCCOC(=O)C2=C(C)N=C(C)C(C(=O)OC)C2c2cccc([N+](=O)[O-])c2)cc1. The minimum absolute atomic E-state index is 0.0462. The van der Waals surface area contributed by atoms with E-state index in [0.29, 0.717) is 29.3 Å². The average molecular weight is 539 g/mol. The van der Waals surface area contributed by atoms with E-state index < -0.39 is 28.7 Å². The fourth-order valence-corrected chi connectivity index (χ4v) is 4.49. The lowest BCUT2D eigenvalue weighted by Crippen LogP contribution is -2.36. The van der Waals surface area contributed by atoms with E-state index in [4.69, 9.17) is 18.9 Å². The van der Waals surface area contributed by atoms with Crippen molar-refractivity contribution in [2.75, 3.05) is 33.5 Å². The number of non-ortho nitro benzene ring substituents is 1. The molecule has 10 heteroatoms. The van der Waals surface area contributed by atoms with Gasteiger partial charge in [0, 0.05) is 36.1 Å². The van der Waals surface area contributed by atoms with Crippen LogP contribution in [0.4, 0.5) is 5.69 Å². The second-order valence-corrected chi connectivity index (χ2v) is 9.07.